The molecule has 2 aliphatic rings. The van der Waals surface area contributed by atoms with Crippen molar-refractivity contribution < 1.29 is 18.0 Å². The number of halogens is 4. The van der Waals surface area contributed by atoms with Crippen LogP contribution in [-0.4, -0.2) is 54.5 Å². The summed E-state index contributed by atoms with van der Waals surface area (Å²) in [5, 5.41) is 2.99. The molecule has 0 radical (unpaired) electrons. The molecule has 0 bridgehead atoms. The average Bonchev–Trinajstić information content (AvgIpc) is 3.08. The Morgan fingerprint density at radius 1 is 1.28 bits per heavy atom. The molecule has 1 saturated heterocycles. The fourth-order valence-corrected chi connectivity index (χ4v) is 3.26. The van der Waals surface area contributed by atoms with Crippen molar-refractivity contribution in [3.63, 3.8) is 0 Å². The lowest BCUT2D eigenvalue weighted by Crippen LogP contribution is -2.52. The molecule has 2 amide bonds. The van der Waals surface area contributed by atoms with Gasteiger partial charge in [-0.25, -0.2) is 18.0 Å². The van der Waals surface area contributed by atoms with Gasteiger partial charge in [-0.3, -0.25) is 4.90 Å². The molecular formula is C17H21ClF3N3O. The minimum absolute atomic E-state index is 0.0239. The molecule has 0 spiro atoms. The maximum absolute atomic E-state index is 13.8. The van der Waals surface area contributed by atoms with E-state index in [1.54, 1.807) is 17.0 Å². The number of alkyl halides is 2. The molecule has 1 aromatic carbocycles. The molecule has 8 heteroatoms. The Hall–Kier alpha value is -1.47. The summed E-state index contributed by atoms with van der Waals surface area (Å²) in [6.45, 7) is 3.91. The van der Waals surface area contributed by atoms with E-state index in [4.69, 9.17) is 11.6 Å². The van der Waals surface area contributed by atoms with Crippen LogP contribution < -0.4 is 5.32 Å². The molecule has 1 N–H and O–H groups in total. The highest BCUT2D eigenvalue weighted by atomic mass is 35.5. The Kier molecular flexibility index (Phi) is 4.90. The first-order valence-corrected chi connectivity index (χ1v) is 8.65. The standard InChI is InChI=1S/C17H21ClF3N3O/c1-16(10-17(16,20)21)11-22-15(25)24-7-5-23(6-8-24)9-12-13(18)3-2-4-14(12)19/h2-4H,5-11H2,1H3,(H,22,25). The maximum atomic E-state index is 13.8. The minimum Gasteiger partial charge on any atom is -0.337 e. The Labute approximate surface area is 149 Å². The van der Waals surface area contributed by atoms with Gasteiger partial charge < -0.3 is 10.2 Å². The molecule has 4 nitrogen and oxygen atoms in total. The van der Waals surface area contributed by atoms with Gasteiger partial charge in [0.15, 0.2) is 0 Å². The molecule has 1 saturated carbocycles. The van der Waals surface area contributed by atoms with Gasteiger partial charge in [-0.15, -0.1) is 0 Å². The SMILES string of the molecule is CC1(CNC(=O)N2CCN(Cc3c(F)cccc3Cl)CC2)CC1(F)F. The molecular weight excluding hydrogens is 355 g/mol. The van der Waals surface area contributed by atoms with Crippen LogP contribution in [0.4, 0.5) is 18.0 Å². The first-order valence-electron chi connectivity index (χ1n) is 8.28. The van der Waals surface area contributed by atoms with Gasteiger partial charge in [-0.2, -0.15) is 0 Å². The van der Waals surface area contributed by atoms with E-state index in [1.807, 2.05) is 4.90 Å². The van der Waals surface area contributed by atoms with Crippen molar-refractivity contribution >= 4 is 17.6 Å². The number of hydrogen-bond donors (Lipinski definition) is 1. The van der Waals surface area contributed by atoms with Gasteiger partial charge in [0.1, 0.15) is 5.82 Å². The maximum Gasteiger partial charge on any atom is 0.317 e. The van der Waals surface area contributed by atoms with Gasteiger partial charge in [-0.05, 0) is 12.1 Å². The number of hydrogen-bond acceptors (Lipinski definition) is 2. The highest BCUT2D eigenvalue weighted by Gasteiger charge is 2.67. The summed E-state index contributed by atoms with van der Waals surface area (Å²) >= 11 is 6.04. The van der Waals surface area contributed by atoms with Crippen LogP contribution in [-0.2, 0) is 6.54 Å². The van der Waals surface area contributed by atoms with Crippen molar-refractivity contribution in [1.82, 2.24) is 15.1 Å². The summed E-state index contributed by atoms with van der Waals surface area (Å²) in [5.74, 6) is -3.02. The third-order valence-corrected chi connectivity index (χ3v) is 5.46. The number of carbonyl (C=O) groups is 1. The van der Waals surface area contributed by atoms with E-state index in [0.29, 0.717) is 43.3 Å². The summed E-state index contributed by atoms with van der Waals surface area (Å²) in [4.78, 5) is 15.7. The monoisotopic (exact) mass is 375 g/mol. The first kappa shape index (κ1) is 18.3. The number of nitrogens with zero attached hydrogens (tertiary/aromatic N) is 2. The quantitative estimate of drug-likeness (QED) is 0.876. The minimum atomic E-state index is -2.68. The first-order chi connectivity index (χ1) is 11.7. The predicted octanol–water partition coefficient (Wildman–Crippen LogP) is 3.35. The molecule has 1 atom stereocenters. The number of urea groups is 1. The van der Waals surface area contributed by atoms with E-state index in [0.717, 1.165) is 0 Å². The van der Waals surface area contributed by atoms with Crippen molar-refractivity contribution in [2.75, 3.05) is 32.7 Å². The highest BCUT2D eigenvalue weighted by molar-refractivity contribution is 6.31. The average molecular weight is 376 g/mol. The number of nitrogens with one attached hydrogen (secondary N) is 1. The number of benzene rings is 1. The third-order valence-electron chi connectivity index (χ3n) is 5.10. The van der Waals surface area contributed by atoms with Gasteiger partial charge in [0, 0.05) is 56.3 Å². The third kappa shape index (κ3) is 3.87. The van der Waals surface area contributed by atoms with E-state index >= 15 is 0 Å². The van der Waals surface area contributed by atoms with Gasteiger partial charge in [-0.1, -0.05) is 24.6 Å². The van der Waals surface area contributed by atoms with Gasteiger partial charge in [0.05, 0.1) is 5.41 Å². The molecule has 1 unspecified atom stereocenters. The van der Waals surface area contributed by atoms with Crippen LogP contribution in [0.2, 0.25) is 5.02 Å². The summed E-state index contributed by atoms with van der Waals surface area (Å²) in [7, 11) is 0. The zero-order valence-electron chi connectivity index (χ0n) is 14.0. The Bertz CT molecular complexity index is 644. The van der Waals surface area contributed by atoms with E-state index in [1.165, 1.54) is 13.0 Å². The molecule has 25 heavy (non-hydrogen) atoms. The number of piperazine rings is 1. The summed E-state index contributed by atoms with van der Waals surface area (Å²) in [5.41, 5.74) is -0.669. The Balaban J connectivity index is 1.46. The molecule has 3 rings (SSSR count). The predicted molar refractivity (Wildman–Crippen MR) is 89.3 cm³/mol. The van der Waals surface area contributed by atoms with Crippen molar-refractivity contribution in [2.45, 2.75) is 25.8 Å². The highest BCUT2D eigenvalue weighted by Crippen LogP contribution is 2.59. The smallest absolute Gasteiger partial charge is 0.317 e. The molecule has 2 fully saturated rings. The van der Waals surface area contributed by atoms with Gasteiger partial charge in [0.2, 0.25) is 0 Å². The van der Waals surface area contributed by atoms with E-state index in [9.17, 15) is 18.0 Å². The van der Waals surface area contributed by atoms with E-state index in [2.05, 4.69) is 5.32 Å². The lowest BCUT2D eigenvalue weighted by atomic mass is 10.1. The van der Waals surface area contributed by atoms with Crippen LogP contribution in [0.3, 0.4) is 0 Å². The second-order valence-electron chi connectivity index (χ2n) is 7.06. The molecule has 1 aliphatic heterocycles. The Morgan fingerprint density at radius 3 is 2.48 bits per heavy atom. The zero-order valence-corrected chi connectivity index (χ0v) is 14.8. The summed E-state index contributed by atoms with van der Waals surface area (Å²) in [6, 6.07) is 4.26. The van der Waals surface area contributed by atoms with Crippen LogP contribution in [0, 0.1) is 11.2 Å². The fraction of sp³-hybridized carbons (Fsp3) is 0.588. The fourth-order valence-electron chi connectivity index (χ4n) is 3.04. The molecule has 138 valence electrons. The molecule has 1 heterocycles. The number of rotatable bonds is 4. The second kappa shape index (κ2) is 6.68. The lowest BCUT2D eigenvalue weighted by molar-refractivity contribution is 0.0694. The van der Waals surface area contributed by atoms with Crippen molar-refractivity contribution in [1.29, 1.82) is 0 Å². The van der Waals surface area contributed by atoms with Gasteiger partial charge >= 0.3 is 6.03 Å². The number of amides is 2. The van der Waals surface area contributed by atoms with Crippen LogP contribution in [0.25, 0.3) is 0 Å². The normalized spacial score (nSPS) is 25.7. The second-order valence-corrected chi connectivity index (χ2v) is 7.47. The lowest BCUT2D eigenvalue weighted by Gasteiger charge is -2.35. The summed E-state index contributed by atoms with van der Waals surface area (Å²) < 4.78 is 40.2. The summed E-state index contributed by atoms with van der Waals surface area (Å²) in [6.07, 6.45) is -0.183. The molecule has 1 aromatic rings. The van der Waals surface area contributed by atoms with Crippen molar-refractivity contribution in [2.24, 2.45) is 5.41 Å². The molecule has 0 aromatic heterocycles. The van der Waals surface area contributed by atoms with Crippen LogP contribution in [0.15, 0.2) is 18.2 Å². The van der Waals surface area contributed by atoms with E-state index < -0.39 is 11.3 Å². The topological polar surface area (TPSA) is 35.6 Å². The van der Waals surface area contributed by atoms with Crippen LogP contribution >= 0.6 is 11.6 Å². The van der Waals surface area contributed by atoms with Crippen LogP contribution in [0.1, 0.15) is 18.9 Å². The largest absolute Gasteiger partial charge is 0.337 e. The van der Waals surface area contributed by atoms with Crippen molar-refractivity contribution in [3.05, 3.63) is 34.6 Å². The number of carbonyl (C=O) groups excluding carboxylic acids is 1. The Morgan fingerprint density at radius 2 is 1.92 bits per heavy atom. The molecule has 1 aliphatic carbocycles. The van der Waals surface area contributed by atoms with Gasteiger partial charge in [0.25, 0.3) is 5.92 Å². The van der Waals surface area contributed by atoms with Crippen LogP contribution in [0.5, 0.6) is 0 Å². The van der Waals surface area contributed by atoms with Crippen molar-refractivity contribution in [3.8, 4) is 0 Å². The zero-order chi connectivity index (χ0) is 18.2. The van der Waals surface area contributed by atoms with E-state index in [-0.39, 0.29) is 24.8 Å².